The van der Waals surface area contributed by atoms with Crippen molar-refractivity contribution in [2.75, 3.05) is 0 Å². The van der Waals surface area contributed by atoms with E-state index in [4.69, 9.17) is 0 Å². The smallest absolute Gasteiger partial charge is 0.258 e. The topological polar surface area (TPSA) is 49.3 Å². The number of hydrogen-bond donors (Lipinski definition) is 2. The van der Waals surface area contributed by atoms with Crippen molar-refractivity contribution >= 4 is 21.8 Å². The number of hydrogen-bond acceptors (Lipinski definition) is 2. The van der Waals surface area contributed by atoms with Crippen molar-refractivity contribution in [1.82, 2.24) is 5.32 Å². The fraction of sp³-hybridized carbons (Fsp3) is 0.500. The van der Waals surface area contributed by atoms with Crippen molar-refractivity contribution < 1.29 is 14.3 Å². The van der Waals surface area contributed by atoms with Gasteiger partial charge in [-0.1, -0.05) is 41.3 Å². The third kappa shape index (κ3) is 3.47. The number of carbonyl (C=O) groups is 1. The van der Waals surface area contributed by atoms with E-state index in [9.17, 15) is 14.3 Å². The minimum atomic E-state index is -0.697. The molecule has 2 atom stereocenters. The van der Waals surface area contributed by atoms with Gasteiger partial charge in [0, 0.05) is 10.9 Å². The van der Waals surface area contributed by atoms with Crippen LogP contribution < -0.4 is 5.32 Å². The molecule has 0 bridgehead atoms. The molecular weight excluding hydrogens is 313 g/mol. The Labute approximate surface area is 120 Å². The highest BCUT2D eigenvalue weighted by atomic mass is 79.9. The predicted octanol–water partition coefficient (Wildman–Crippen LogP) is 3.36. The molecule has 1 aliphatic carbocycles. The van der Waals surface area contributed by atoms with Crippen LogP contribution in [0.1, 0.15) is 42.5 Å². The van der Waals surface area contributed by atoms with Crippen molar-refractivity contribution in [3.05, 3.63) is 29.6 Å². The Morgan fingerprint density at radius 2 is 2.05 bits per heavy atom. The molecule has 2 rings (SSSR count). The van der Waals surface area contributed by atoms with Gasteiger partial charge in [-0.25, -0.2) is 4.39 Å². The normalized spacial score (nSPS) is 23.7. The minimum Gasteiger partial charge on any atom is -0.507 e. The summed E-state index contributed by atoms with van der Waals surface area (Å²) in [7, 11) is 0. The largest absolute Gasteiger partial charge is 0.507 e. The maximum absolute atomic E-state index is 13.6. The van der Waals surface area contributed by atoms with Crippen LogP contribution in [0.2, 0.25) is 0 Å². The Morgan fingerprint density at radius 1 is 1.32 bits per heavy atom. The van der Waals surface area contributed by atoms with E-state index in [-0.39, 0.29) is 22.2 Å². The summed E-state index contributed by atoms with van der Waals surface area (Å²) < 4.78 is 13.6. The zero-order valence-corrected chi connectivity index (χ0v) is 12.1. The molecule has 19 heavy (non-hydrogen) atoms. The second-order valence-electron chi connectivity index (χ2n) is 4.87. The fourth-order valence-corrected chi connectivity index (χ4v) is 3.12. The van der Waals surface area contributed by atoms with Gasteiger partial charge in [-0.05, 0) is 25.0 Å². The Hall–Kier alpha value is -1.10. The Morgan fingerprint density at radius 3 is 2.79 bits per heavy atom. The fourth-order valence-electron chi connectivity index (χ4n) is 2.40. The molecule has 1 fully saturated rings. The van der Waals surface area contributed by atoms with E-state index in [1.807, 2.05) is 0 Å². The molecule has 1 aliphatic rings. The van der Waals surface area contributed by atoms with Crippen LogP contribution in [-0.4, -0.2) is 21.9 Å². The lowest BCUT2D eigenvalue weighted by molar-refractivity contribution is 0.0928. The lowest BCUT2D eigenvalue weighted by Gasteiger charge is -2.21. The highest BCUT2D eigenvalue weighted by Gasteiger charge is 2.25. The van der Waals surface area contributed by atoms with Gasteiger partial charge < -0.3 is 10.4 Å². The summed E-state index contributed by atoms with van der Waals surface area (Å²) in [4.78, 5) is 12.3. The standard InChI is InChI=1S/C14H17BrFNO2/c15-9-5-2-1-3-7-11(9)17-14(19)13-10(16)6-4-8-12(13)18/h4,6,8-9,11,18H,1-3,5,7H2,(H,17,19). The molecule has 2 N–H and O–H groups in total. The monoisotopic (exact) mass is 329 g/mol. The molecule has 0 aromatic heterocycles. The number of phenols is 1. The molecule has 2 unspecified atom stereocenters. The second kappa shape index (κ2) is 6.37. The van der Waals surface area contributed by atoms with Crippen LogP contribution in [0, 0.1) is 5.82 Å². The molecule has 0 radical (unpaired) electrons. The molecule has 5 heteroatoms. The number of alkyl halides is 1. The predicted molar refractivity (Wildman–Crippen MR) is 75.1 cm³/mol. The van der Waals surface area contributed by atoms with Crippen molar-refractivity contribution in [2.24, 2.45) is 0 Å². The third-order valence-electron chi connectivity index (χ3n) is 3.47. The van der Waals surface area contributed by atoms with Gasteiger partial charge >= 0.3 is 0 Å². The Balaban J connectivity index is 2.12. The molecule has 1 amide bonds. The highest BCUT2D eigenvalue weighted by molar-refractivity contribution is 9.09. The van der Waals surface area contributed by atoms with Gasteiger partial charge in [0.15, 0.2) is 0 Å². The first-order valence-electron chi connectivity index (χ1n) is 6.52. The molecule has 1 aromatic rings. The molecule has 0 spiro atoms. The number of aromatic hydroxyl groups is 1. The summed E-state index contributed by atoms with van der Waals surface area (Å²) in [6.07, 6.45) is 5.20. The van der Waals surface area contributed by atoms with Crippen molar-refractivity contribution in [2.45, 2.75) is 43.0 Å². The Bertz CT molecular complexity index is 447. The van der Waals surface area contributed by atoms with Crippen LogP contribution in [0.25, 0.3) is 0 Å². The van der Waals surface area contributed by atoms with Crippen molar-refractivity contribution in [3.63, 3.8) is 0 Å². The summed E-state index contributed by atoms with van der Waals surface area (Å²) >= 11 is 3.57. The first-order chi connectivity index (χ1) is 9.09. The van der Waals surface area contributed by atoms with Crippen LogP contribution in [0.15, 0.2) is 18.2 Å². The number of nitrogens with one attached hydrogen (secondary N) is 1. The van der Waals surface area contributed by atoms with Crippen LogP contribution in [0.3, 0.4) is 0 Å². The molecule has 1 saturated carbocycles. The molecule has 1 aromatic carbocycles. The van der Waals surface area contributed by atoms with E-state index < -0.39 is 11.7 Å². The van der Waals surface area contributed by atoms with Gasteiger partial charge in [0.05, 0.1) is 0 Å². The average molecular weight is 330 g/mol. The van der Waals surface area contributed by atoms with Crippen LogP contribution in [-0.2, 0) is 0 Å². The summed E-state index contributed by atoms with van der Waals surface area (Å²) in [5.41, 5.74) is -0.272. The Kier molecular flexibility index (Phi) is 4.80. The quantitative estimate of drug-likeness (QED) is 0.645. The summed E-state index contributed by atoms with van der Waals surface area (Å²) in [5.74, 6) is -1.57. The van der Waals surface area contributed by atoms with E-state index in [0.717, 1.165) is 32.1 Å². The minimum absolute atomic E-state index is 0.0194. The van der Waals surface area contributed by atoms with Crippen molar-refractivity contribution in [1.29, 1.82) is 0 Å². The van der Waals surface area contributed by atoms with Gasteiger partial charge in [0.1, 0.15) is 17.1 Å². The van der Waals surface area contributed by atoms with Crippen molar-refractivity contribution in [3.8, 4) is 5.75 Å². The van der Waals surface area contributed by atoms with Gasteiger partial charge in [-0.15, -0.1) is 0 Å². The summed E-state index contributed by atoms with van der Waals surface area (Å²) in [5, 5.41) is 12.4. The number of benzene rings is 1. The molecule has 0 aliphatic heterocycles. The van der Waals surface area contributed by atoms with E-state index in [1.54, 1.807) is 0 Å². The van der Waals surface area contributed by atoms with Gasteiger partial charge in [0.25, 0.3) is 5.91 Å². The third-order valence-corrected chi connectivity index (χ3v) is 4.56. The lowest BCUT2D eigenvalue weighted by atomic mass is 10.1. The van der Waals surface area contributed by atoms with E-state index >= 15 is 0 Å². The second-order valence-corrected chi connectivity index (χ2v) is 6.04. The van der Waals surface area contributed by atoms with E-state index in [1.165, 1.54) is 18.2 Å². The SMILES string of the molecule is O=C(NC1CCCCCC1Br)c1c(O)cccc1F. The molecule has 104 valence electrons. The zero-order chi connectivity index (χ0) is 13.8. The van der Waals surface area contributed by atoms with Gasteiger partial charge in [-0.3, -0.25) is 4.79 Å². The molecule has 3 nitrogen and oxygen atoms in total. The van der Waals surface area contributed by atoms with Crippen LogP contribution in [0.5, 0.6) is 5.75 Å². The van der Waals surface area contributed by atoms with Gasteiger partial charge in [0.2, 0.25) is 0 Å². The van der Waals surface area contributed by atoms with E-state index in [0.29, 0.717) is 0 Å². The molecule has 0 heterocycles. The highest BCUT2D eigenvalue weighted by Crippen LogP contribution is 2.25. The number of rotatable bonds is 2. The first kappa shape index (κ1) is 14.3. The van der Waals surface area contributed by atoms with Crippen LogP contribution in [0.4, 0.5) is 4.39 Å². The van der Waals surface area contributed by atoms with E-state index in [2.05, 4.69) is 21.2 Å². The summed E-state index contributed by atoms with van der Waals surface area (Å²) in [6, 6.07) is 3.85. The first-order valence-corrected chi connectivity index (χ1v) is 7.43. The lowest BCUT2D eigenvalue weighted by Crippen LogP contribution is -2.40. The number of amides is 1. The maximum atomic E-state index is 13.6. The molecular formula is C14H17BrFNO2. The molecule has 0 saturated heterocycles. The number of carbonyl (C=O) groups excluding carboxylic acids is 1. The van der Waals surface area contributed by atoms with Crippen LogP contribution >= 0.6 is 15.9 Å². The number of phenolic OH excluding ortho intramolecular Hbond substituents is 1. The average Bonchev–Trinajstić information content (AvgIpc) is 2.55. The maximum Gasteiger partial charge on any atom is 0.258 e. The number of halogens is 2. The zero-order valence-electron chi connectivity index (χ0n) is 10.5. The summed E-state index contributed by atoms with van der Waals surface area (Å²) in [6.45, 7) is 0. The van der Waals surface area contributed by atoms with Gasteiger partial charge in [-0.2, -0.15) is 0 Å².